The molecule has 0 aliphatic rings. The first-order valence-corrected chi connectivity index (χ1v) is 30.0. The summed E-state index contributed by atoms with van der Waals surface area (Å²) in [4.78, 5) is 188. The van der Waals surface area contributed by atoms with Gasteiger partial charge in [-0.25, -0.2) is 62.8 Å². The number of urea groups is 1. The highest BCUT2D eigenvalue weighted by Crippen LogP contribution is 2.05. The van der Waals surface area contributed by atoms with Crippen LogP contribution in [-0.2, 0) is 84.1 Å². The summed E-state index contributed by atoms with van der Waals surface area (Å²) in [5.74, 6) is 0.478. The number of carboxylic acid groups (broad SMARTS) is 1. The van der Waals surface area contributed by atoms with Crippen LogP contribution in [0.5, 0.6) is 0 Å². The van der Waals surface area contributed by atoms with Gasteiger partial charge in [-0.2, -0.15) is 30.0 Å². The van der Waals surface area contributed by atoms with E-state index in [1.807, 2.05) is 47.4 Å². The number of nitrogens with one attached hydrogen (secondary N) is 2. The molecule has 3 amide bonds. The summed E-state index contributed by atoms with van der Waals surface area (Å²) in [6.45, 7) is 6.18. The number of aryl methyl sites for hydroxylation is 5. The van der Waals surface area contributed by atoms with E-state index in [0.29, 0.717) is 0 Å². The van der Waals surface area contributed by atoms with Gasteiger partial charge in [0, 0.05) is 67.9 Å². The minimum Gasteiger partial charge on any atom is -0.476 e. The average Bonchev–Trinajstić information content (AvgIpc) is 1.06. The van der Waals surface area contributed by atoms with Crippen LogP contribution in [0.25, 0.3) is 0 Å². The van der Waals surface area contributed by atoms with E-state index in [2.05, 4.69) is 79.8 Å². The lowest BCUT2D eigenvalue weighted by Crippen LogP contribution is -2.44. The lowest BCUT2D eigenvalue weighted by atomic mass is 10.2. The Hall–Kier alpha value is -13.1. The van der Waals surface area contributed by atoms with Crippen molar-refractivity contribution in [3.63, 3.8) is 0 Å². The molecule has 9 rings (SSSR count). The quantitative estimate of drug-likeness (QED) is 0.0152. The van der Waals surface area contributed by atoms with Gasteiger partial charge in [0.05, 0.1) is 26.2 Å². The molecule has 0 radical (unpaired) electrons. The first-order valence-electron chi connectivity index (χ1n) is 28.9. The maximum absolute atomic E-state index is 12.6. The van der Waals surface area contributed by atoms with Crippen molar-refractivity contribution in [1.29, 1.82) is 0 Å². The third-order valence-corrected chi connectivity index (χ3v) is 12.9. The Morgan fingerprint density at radius 2 is 0.911 bits per heavy atom. The molecule has 0 bridgehead atoms. The van der Waals surface area contributed by atoms with E-state index in [1.165, 1.54) is 66.4 Å². The molecule has 0 saturated heterocycles. The molecule has 0 fully saturated rings. The standard InChI is InChI=1S/C14H14N8O3.C13H13N3O3.C12H11N3O4.C7H7Br.C6H7N3O3.C6H10O3.C2H7N3O.CO2/c1-20-13(16-18-19-20)15-11(23)10-12(24)22(14(25)21(2)17-10)8-9-6-4-3-5-7-9;1-9(17)11-12(18)16(13(19)15(2)14-11)8-10-6-4-3-5-7-10;1-14-12(19)15(7-8-5-3-2-4-6-8)10(16)9(13-14)11(17)18;8-6-7-4-2-1-3-5-7;1-3(10)4-5(11)7-6(12)9(2)8-4;1-3-5(7)6(8)9-4-2;1-5(4)2(3)6;2-1-3/h3-7H,8H2,1-2H3,(H,15,16,19,23);3-7H,8H2,1-2H3;2-6H,7H2,1H3,(H,17,18);1-5H,6H2;1-2H3,(H,7,11,12);3-4H2,1-2H3;4H2,1H3,(H2,3,6);. The number of amides is 3. The SMILES string of the molecule is BrCc1ccccc1.CC(=O)c1nn(C)c(=O)[nH]c1=O.CC(=O)c1nn(C)c(=O)n(Cc2ccccc2)c1=O.CCOC(=O)C(=O)CC.CN(N)C(N)=O.Cn1nc(C(=O)O)c(=O)n(Cc2ccccc2)c1=O.Cn1nnnc1NC(=O)c1nn(C)c(=O)n(Cc2ccccc2)c1=O.O=C=O. The fraction of sp³-hybridized carbons (Fsp3) is 0.262. The number of H-pyrrole nitrogens is 1. The number of anilines is 1. The van der Waals surface area contributed by atoms with E-state index in [0.717, 1.165) is 59.5 Å². The number of halogens is 1. The summed E-state index contributed by atoms with van der Waals surface area (Å²) < 4.78 is 12.1. The molecule has 0 aliphatic carbocycles. The Balaban J connectivity index is 0.000000416. The van der Waals surface area contributed by atoms with Crippen molar-refractivity contribution < 1.29 is 53.0 Å². The topological polar surface area (TPSA) is 532 Å². The Morgan fingerprint density at radius 3 is 1.23 bits per heavy atom. The summed E-state index contributed by atoms with van der Waals surface area (Å²) in [5.41, 5.74) is 1.09. The van der Waals surface area contributed by atoms with Crippen molar-refractivity contribution in [2.45, 2.75) is 59.1 Å². The lowest BCUT2D eigenvalue weighted by molar-refractivity contribution is -0.191. The normalized spacial score (nSPS) is 9.74. The van der Waals surface area contributed by atoms with E-state index in [9.17, 15) is 71.9 Å². The molecule has 0 unspecified atom stereocenters. The van der Waals surface area contributed by atoms with Gasteiger partial charge in [-0.3, -0.25) is 67.4 Å². The molecule has 0 spiro atoms. The van der Waals surface area contributed by atoms with Crippen LogP contribution in [0.4, 0.5) is 10.7 Å². The zero-order chi connectivity index (χ0) is 76.2. The second-order valence-corrected chi connectivity index (χ2v) is 20.3. The molecule has 40 heteroatoms. The van der Waals surface area contributed by atoms with Crippen LogP contribution in [-0.4, -0.2) is 149 Å². The zero-order valence-electron chi connectivity index (χ0n) is 55.8. The Labute approximate surface area is 577 Å². The number of ether oxygens (including phenoxy) is 1. The van der Waals surface area contributed by atoms with Crippen LogP contribution in [0.3, 0.4) is 0 Å². The Morgan fingerprint density at radius 1 is 0.564 bits per heavy atom. The minimum atomic E-state index is -1.46. The Bertz CT molecular complexity index is 4740. The highest BCUT2D eigenvalue weighted by Gasteiger charge is 2.22. The molecule has 101 heavy (non-hydrogen) atoms. The van der Waals surface area contributed by atoms with Gasteiger partial charge >= 0.3 is 46.9 Å². The molecule has 534 valence electrons. The number of carbonyl (C=O) groups is 7. The number of benzene rings is 4. The molecule has 9 aromatic rings. The fourth-order valence-electron chi connectivity index (χ4n) is 7.22. The smallest absolute Gasteiger partial charge is 0.374 e. The maximum Gasteiger partial charge on any atom is 0.374 e. The van der Waals surface area contributed by atoms with Gasteiger partial charge in [-0.1, -0.05) is 149 Å². The maximum atomic E-state index is 12.6. The molecular formula is C61H69BrN20O19. The average molecular weight is 1470 g/mol. The van der Waals surface area contributed by atoms with Crippen LogP contribution in [0.2, 0.25) is 0 Å². The number of hydrogen-bond acceptors (Lipinski definition) is 26. The molecule has 0 saturated carbocycles. The van der Waals surface area contributed by atoms with Gasteiger partial charge in [0.15, 0.2) is 23.0 Å². The summed E-state index contributed by atoms with van der Waals surface area (Å²) in [6.07, 6.45) is 0.471. The van der Waals surface area contributed by atoms with Crippen LogP contribution >= 0.6 is 15.9 Å². The number of tetrazole rings is 1. The largest absolute Gasteiger partial charge is 0.476 e. The predicted octanol–water partition coefficient (Wildman–Crippen LogP) is -1.28. The summed E-state index contributed by atoms with van der Waals surface area (Å²) in [7, 11) is 8.33. The first-order chi connectivity index (χ1) is 47.7. The van der Waals surface area contributed by atoms with Crippen LogP contribution < -0.4 is 61.9 Å². The summed E-state index contributed by atoms with van der Waals surface area (Å²) in [6, 6.07) is 36.5. The number of primary amides is 1. The number of nitrogens with zero attached hydrogens (tertiary/aromatic N) is 16. The number of nitrogens with two attached hydrogens (primary N) is 2. The number of esters is 1. The number of rotatable bonds is 15. The van der Waals surface area contributed by atoms with Crippen molar-refractivity contribution in [3.05, 3.63) is 250 Å². The molecule has 0 aliphatic heterocycles. The molecule has 5 heterocycles. The number of hydrogen-bond donors (Lipinski definition) is 5. The van der Waals surface area contributed by atoms with Gasteiger partial charge < -0.3 is 15.6 Å². The third-order valence-electron chi connectivity index (χ3n) is 12.2. The van der Waals surface area contributed by atoms with E-state index in [-0.39, 0.29) is 56.1 Å². The molecule has 4 aromatic carbocycles. The number of carbonyl (C=O) groups excluding carboxylic acids is 8. The second kappa shape index (κ2) is 42.5. The van der Waals surface area contributed by atoms with Gasteiger partial charge in [-0.15, -0.1) is 0 Å². The minimum absolute atomic E-state index is 0.00907. The van der Waals surface area contributed by atoms with Crippen molar-refractivity contribution in [2.24, 2.45) is 46.8 Å². The number of aromatic amines is 1. The molecule has 7 N–H and O–H groups in total. The van der Waals surface area contributed by atoms with Crippen LogP contribution in [0, 0.1) is 0 Å². The van der Waals surface area contributed by atoms with Gasteiger partial charge in [0.2, 0.25) is 23.1 Å². The molecule has 5 aromatic heterocycles. The second-order valence-electron chi connectivity index (χ2n) is 19.8. The number of Topliss-reactive ketones (excluding diaryl/α,β-unsaturated/α-hetero) is 3. The van der Waals surface area contributed by atoms with Crippen molar-refractivity contribution in [2.75, 3.05) is 19.0 Å². The first kappa shape index (κ1) is 84.0. The van der Waals surface area contributed by atoms with Crippen molar-refractivity contribution in [1.82, 2.24) is 83.0 Å². The number of alkyl halides is 1. The van der Waals surface area contributed by atoms with Crippen LogP contribution in [0.15, 0.2) is 160 Å². The summed E-state index contributed by atoms with van der Waals surface area (Å²) in [5, 5.41) is 38.0. The number of aromatic carboxylic acids is 1. The van der Waals surface area contributed by atoms with Crippen molar-refractivity contribution >= 4 is 69.3 Å². The van der Waals surface area contributed by atoms with Crippen LogP contribution in [0.1, 0.15) is 98.3 Å². The number of carboxylic acids is 1. The number of ketones is 3. The molecule has 0 atom stereocenters. The van der Waals surface area contributed by atoms with E-state index >= 15 is 0 Å². The summed E-state index contributed by atoms with van der Waals surface area (Å²) >= 11 is 3.36. The fourth-order valence-corrected chi connectivity index (χ4v) is 7.59. The molecular weight excluding hydrogens is 1400 g/mol. The van der Waals surface area contributed by atoms with Gasteiger partial charge in [0.1, 0.15) is 0 Å². The number of aromatic nitrogens is 16. The third kappa shape index (κ3) is 27.1. The molecule has 39 nitrogen and oxygen atoms in total. The monoisotopic (exact) mass is 1460 g/mol. The number of hydrazine groups is 1. The predicted molar refractivity (Wildman–Crippen MR) is 359 cm³/mol. The zero-order valence-corrected chi connectivity index (χ0v) is 57.4. The van der Waals surface area contributed by atoms with Crippen molar-refractivity contribution in [3.8, 4) is 0 Å². The van der Waals surface area contributed by atoms with E-state index in [1.54, 1.807) is 80.6 Å². The highest BCUT2D eigenvalue weighted by molar-refractivity contribution is 9.08. The van der Waals surface area contributed by atoms with E-state index in [4.69, 9.17) is 20.5 Å². The van der Waals surface area contributed by atoms with Gasteiger partial charge in [-0.05, 0) is 39.6 Å². The highest BCUT2D eigenvalue weighted by atomic mass is 79.9. The lowest BCUT2D eigenvalue weighted by Gasteiger charge is -2.09. The van der Waals surface area contributed by atoms with Gasteiger partial charge in [0.25, 0.3) is 28.1 Å². The Kier molecular flexibility index (Phi) is 35.3. The van der Waals surface area contributed by atoms with E-state index < -0.39 is 97.6 Å².